The van der Waals surface area contributed by atoms with E-state index in [9.17, 15) is 23.3 Å². The number of piperazine rings is 1. The average molecular weight is 1010 g/mol. The van der Waals surface area contributed by atoms with Gasteiger partial charge >= 0.3 is 0 Å². The van der Waals surface area contributed by atoms with Gasteiger partial charge in [0.15, 0.2) is 11.4 Å². The summed E-state index contributed by atoms with van der Waals surface area (Å²) in [5, 5.41) is 16.7. The van der Waals surface area contributed by atoms with Crippen molar-refractivity contribution in [3.63, 3.8) is 0 Å². The molecule has 2 aromatic heterocycles. The maximum Gasteiger partial charge on any atom is 0.297 e. The molecule has 5 aromatic rings. The standard InChI is InChI=1S/C54H64N10O8S/c1-59-20-22-60(23-21-59)31-36-32-71-48-28-39(27-46(64(66)67)50(48)56-36)73(68,69)58-52(65)42-11-10-37(26-45(42)63-44-13-24-70-33-49(44)72-53-47(63)25-35-12-16-55-51(35)57-53)61-18-14-54(15-19-61)29-38(30-54)62-17-4-7-43(62)41-6-3-2-5-40(41)34-8-9-34/h2-3,5-6,10-12,16,25-28,34,36,38,43-44,49,56H,4,7-9,13-15,17-24,29-33H2,1H3,(H,55,57)(H,58,65)/t36-,43+,44+,49+/m1/s1. The number of amides is 1. The first-order valence-corrected chi connectivity index (χ1v) is 27.9. The first-order chi connectivity index (χ1) is 35.5. The quantitative estimate of drug-likeness (QED) is 0.0892. The SMILES string of the molecule is CN1CCN(C[C@@H]2COc3cc(S(=O)(=O)NC(=O)c4ccc(N5CCC6(CC5)CC(N5CCC[C@H]5c5ccccc5C5CC5)C6)cc4N4c5cc6cc[nH]c6nc5O[C@H]5COCC[C@@H]54)cc([N+](=O)[O-])c3N2)CC1. The average Bonchev–Trinajstić information content (AvgIpc) is 3.95. The van der Waals surface area contributed by atoms with E-state index in [4.69, 9.17) is 19.2 Å². The molecule has 2 aliphatic carbocycles. The zero-order chi connectivity index (χ0) is 49.6. The number of nitro benzene ring substituents is 1. The Morgan fingerprint density at radius 2 is 1.73 bits per heavy atom. The van der Waals surface area contributed by atoms with Crippen LogP contribution in [-0.2, 0) is 14.8 Å². The van der Waals surface area contributed by atoms with E-state index >= 15 is 0 Å². The second kappa shape index (κ2) is 18.4. The maximum absolute atomic E-state index is 14.8. The number of H-pyrrole nitrogens is 1. The Hall–Kier alpha value is -5.99. The molecule has 18 nitrogen and oxygen atoms in total. The van der Waals surface area contributed by atoms with Crippen molar-refractivity contribution >= 4 is 55.4 Å². The fourth-order valence-electron chi connectivity index (χ4n) is 13.3. The number of rotatable bonds is 11. The number of piperidine rings is 1. The van der Waals surface area contributed by atoms with Gasteiger partial charge in [-0.2, -0.15) is 4.98 Å². The highest BCUT2D eigenvalue weighted by molar-refractivity contribution is 7.90. The van der Waals surface area contributed by atoms with Crippen LogP contribution in [0.2, 0.25) is 0 Å². The van der Waals surface area contributed by atoms with Crippen LogP contribution in [0.15, 0.2) is 77.8 Å². The van der Waals surface area contributed by atoms with Gasteiger partial charge in [-0.3, -0.25) is 24.7 Å². The topological polar surface area (TPSA) is 191 Å². The first kappa shape index (κ1) is 46.8. The Morgan fingerprint density at radius 3 is 2.52 bits per heavy atom. The highest BCUT2D eigenvalue weighted by Crippen LogP contribution is 2.55. The Labute approximate surface area is 425 Å². The molecular formula is C54H64N10O8S. The van der Waals surface area contributed by atoms with Gasteiger partial charge in [-0.25, -0.2) is 13.1 Å². The normalized spacial score (nSPS) is 25.5. The number of sulfonamides is 1. The van der Waals surface area contributed by atoms with E-state index in [2.05, 4.69) is 70.8 Å². The second-order valence-electron chi connectivity index (χ2n) is 22.0. The van der Waals surface area contributed by atoms with Gasteiger partial charge in [-0.15, -0.1) is 0 Å². The van der Waals surface area contributed by atoms with Crippen molar-refractivity contribution in [1.29, 1.82) is 0 Å². The minimum atomic E-state index is -4.68. The third-order valence-corrected chi connectivity index (χ3v) is 18.7. The monoisotopic (exact) mass is 1010 g/mol. The number of aromatic nitrogens is 2. The molecule has 6 aliphatic heterocycles. The molecule has 8 aliphatic rings. The Balaban J connectivity index is 0.781. The lowest BCUT2D eigenvalue weighted by atomic mass is 9.59. The third kappa shape index (κ3) is 8.73. The molecular weight excluding hydrogens is 949 g/mol. The minimum absolute atomic E-state index is 0.0383. The lowest BCUT2D eigenvalue weighted by Gasteiger charge is -2.56. The smallest absolute Gasteiger partial charge is 0.297 e. The van der Waals surface area contributed by atoms with Crippen LogP contribution in [-0.4, -0.2) is 147 Å². The Kier molecular flexibility index (Phi) is 11.8. The van der Waals surface area contributed by atoms with Gasteiger partial charge in [0, 0.05) is 93.9 Å². The number of nitrogens with one attached hydrogen (secondary N) is 3. The van der Waals surface area contributed by atoms with E-state index < -0.39 is 37.5 Å². The molecule has 0 unspecified atom stereocenters. The van der Waals surface area contributed by atoms with Crippen LogP contribution in [0.5, 0.6) is 11.6 Å². The van der Waals surface area contributed by atoms with E-state index in [0.717, 1.165) is 75.2 Å². The van der Waals surface area contributed by atoms with Gasteiger partial charge in [0.05, 0.1) is 39.8 Å². The van der Waals surface area contributed by atoms with Crippen molar-refractivity contribution < 1.29 is 32.3 Å². The van der Waals surface area contributed by atoms with Gasteiger partial charge in [-0.05, 0) is 124 Å². The second-order valence-corrected chi connectivity index (χ2v) is 23.7. The molecule has 2 saturated carbocycles. The summed E-state index contributed by atoms with van der Waals surface area (Å²) in [6.45, 7) is 8.03. The number of benzene rings is 3. The molecule has 6 fully saturated rings. The lowest BCUT2D eigenvalue weighted by molar-refractivity contribution is -0.384. The van der Waals surface area contributed by atoms with E-state index in [1.165, 1.54) is 51.1 Å². The van der Waals surface area contributed by atoms with Gasteiger partial charge in [0.1, 0.15) is 24.0 Å². The van der Waals surface area contributed by atoms with Gasteiger partial charge in [-0.1, -0.05) is 24.3 Å². The van der Waals surface area contributed by atoms with Crippen molar-refractivity contribution in [1.82, 2.24) is 29.4 Å². The summed E-state index contributed by atoms with van der Waals surface area (Å²) < 4.78 is 49.6. The number of likely N-dealkylation sites (N-methyl/N-ethyl adjacent to an activating group) is 1. The number of pyridine rings is 1. The highest BCUT2D eigenvalue weighted by atomic mass is 32.2. The first-order valence-electron chi connectivity index (χ1n) is 26.4. The van der Waals surface area contributed by atoms with Gasteiger partial charge in [0.25, 0.3) is 21.6 Å². The van der Waals surface area contributed by atoms with Crippen LogP contribution >= 0.6 is 0 Å². The largest absolute Gasteiger partial charge is 0.489 e. The van der Waals surface area contributed by atoms with Crippen molar-refractivity contribution in [2.24, 2.45) is 5.41 Å². The summed E-state index contributed by atoms with van der Waals surface area (Å²) >= 11 is 0. The highest BCUT2D eigenvalue weighted by Gasteiger charge is 2.51. The van der Waals surface area contributed by atoms with Crippen molar-refractivity contribution in [3.8, 4) is 11.6 Å². The molecule has 13 rings (SSSR count). The lowest BCUT2D eigenvalue weighted by Crippen LogP contribution is -2.55. The van der Waals surface area contributed by atoms with Crippen LogP contribution < -0.4 is 29.3 Å². The molecule has 3 aromatic carbocycles. The van der Waals surface area contributed by atoms with Crippen molar-refractivity contribution in [2.75, 3.05) is 94.3 Å². The van der Waals surface area contributed by atoms with Crippen LogP contribution in [0.25, 0.3) is 11.0 Å². The van der Waals surface area contributed by atoms with E-state index in [1.807, 2.05) is 30.5 Å². The summed E-state index contributed by atoms with van der Waals surface area (Å²) in [6.07, 6.45) is 11.6. The van der Waals surface area contributed by atoms with Crippen molar-refractivity contribution in [2.45, 2.75) is 98.9 Å². The van der Waals surface area contributed by atoms with E-state index in [1.54, 1.807) is 17.2 Å². The summed E-state index contributed by atoms with van der Waals surface area (Å²) in [5.41, 5.74) is 5.98. The summed E-state index contributed by atoms with van der Waals surface area (Å²) in [4.78, 5) is 46.3. The predicted molar refractivity (Wildman–Crippen MR) is 277 cm³/mol. The zero-order valence-electron chi connectivity index (χ0n) is 41.3. The molecule has 1 amide bonds. The van der Waals surface area contributed by atoms with E-state index in [0.29, 0.717) is 66.6 Å². The molecule has 4 saturated heterocycles. The summed E-state index contributed by atoms with van der Waals surface area (Å²) in [6, 6.07) is 21.6. The minimum Gasteiger partial charge on any atom is -0.489 e. The number of hydrogen-bond donors (Lipinski definition) is 3. The molecule has 1 spiro atoms. The molecule has 0 radical (unpaired) electrons. The molecule has 0 bridgehead atoms. The molecule has 3 N–H and O–H groups in total. The third-order valence-electron chi connectivity index (χ3n) is 17.4. The summed E-state index contributed by atoms with van der Waals surface area (Å²) in [7, 11) is -2.60. The number of hydrogen-bond acceptors (Lipinski definition) is 15. The zero-order valence-corrected chi connectivity index (χ0v) is 42.2. The van der Waals surface area contributed by atoms with E-state index in [-0.39, 0.29) is 35.7 Å². The van der Waals surface area contributed by atoms with Gasteiger partial charge < -0.3 is 39.2 Å². The predicted octanol–water partition coefficient (Wildman–Crippen LogP) is 7.16. The fourth-order valence-corrected chi connectivity index (χ4v) is 14.3. The molecule has 73 heavy (non-hydrogen) atoms. The Bertz CT molecular complexity index is 3070. The number of likely N-dealkylation sites (tertiary alicyclic amines) is 1. The van der Waals surface area contributed by atoms with Crippen LogP contribution in [0.1, 0.15) is 91.2 Å². The number of nitrogens with zero attached hydrogens (tertiary/aromatic N) is 7. The van der Waals surface area contributed by atoms with Crippen molar-refractivity contribution in [3.05, 3.63) is 99.7 Å². The number of fused-ring (bicyclic) bond motifs is 4. The molecule has 8 heterocycles. The Morgan fingerprint density at radius 1 is 0.918 bits per heavy atom. The number of nitro groups is 1. The maximum atomic E-state index is 14.8. The fraction of sp³-hybridized carbons (Fsp3) is 0.519. The number of anilines is 4. The molecule has 4 atom stereocenters. The van der Waals surface area contributed by atoms with Crippen LogP contribution in [0.4, 0.5) is 28.4 Å². The molecule has 19 heteroatoms. The number of ether oxygens (including phenoxy) is 3. The molecule has 384 valence electrons. The van der Waals surface area contributed by atoms with Crippen LogP contribution in [0, 0.1) is 15.5 Å². The van der Waals surface area contributed by atoms with Gasteiger partial charge in [0.2, 0.25) is 5.88 Å². The number of carbonyl (C=O) groups excluding carboxylic acids is 1. The van der Waals surface area contributed by atoms with Crippen LogP contribution in [0.3, 0.4) is 0 Å². The summed E-state index contributed by atoms with van der Waals surface area (Å²) in [5.74, 6) is 0.277. The number of aromatic amines is 1. The number of carbonyl (C=O) groups is 1.